The molecule has 4 saturated carbocycles. The van der Waals surface area contributed by atoms with Gasteiger partial charge < -0.3 is 10.2 Å². The zero-order valence-corrected chi connectivity index (χ0v) is 15.5. The monoisotopic (exact) mass is 365 g/mol. The molecule has 136 valence electrons. The standard InChI is InChI=1S/C20H26ClFN2O/c1-24(11-16-17(21)3-2-4-18(16)22)12-19(25)23-20-8-13-5-14(9-20)7-15(6-13)10-20/h2-4,13-15H,5-12H2,1H3,(H,23,25)/p+1. The van der Waals surface area contributed by atoms with E-state index in [1.165, 1.54) is 25.3 Å². The highest BCUT2D eigenvalue weighted by molar-refractivity contribution is 6.31. The maximum atomic E-state index is 13.9. The number of hydrogen-bond acceptors (Lipinski definition) is 1. The summed E-state index contributed by atoms with van der Waals surface area (Å²) in [7, 11) is 1.92. The number of amides is 1. The van der Waals surface area contributed by atoms with Gasteiger partial charge in [-0.3, -0.25) is 4.79 Å². The maximum absolute atomic E-state index is 13.9. The third-order valence-corrected chi connectivity index (χ3v) is 6.80. The van der Waals surface area contributed by atoms with Gasteiger partial charge in [0.1, 0.15) is 12.4 Å². The minimum Gasteiger partial charge on any atom is -0.346 e. The number of likely N-dealkylation sites (N-methyl/N-ethyl adjacent to an activating group) is 1. The molecule has 2 N–H and O–H groups in total. The Morgan fingerprint density at radius 3 is 2.40 bits per heavy atom. The van der Waals surface area contributed by atoms with Crippen LogP contribution in [0.15, 0.2) is 18.2 Å². The van der Waals surface area contributed by atoms with Gasteiger partial charge in [0.25, 0.3) is 5.91 Å². The van der Waals surface area contributed by atoms with Gasteiger partial charge in [0.2, 0.25) is 0 Å². The summed E-state index contributed by atoms with van der Waals surface area (Å²) in [4.78, 5) is 13.6. The fourth-order valence-corrected chi connectivity index (χ4v) is 6.17. The third kappa shape index (κ3) is 3.56. The van der Waals surface area contributed by atoms with Crippen LogP contribution in [-0.4, -0.2) is 25.0 Å². The summed E-state index contributed by atoms with van der Waals surface area (Å²) in [6.45, 7) is 0.770. The smallest absolute Gasteiger partial charge is 0.275 e. The van der Waals surface area contributed by atoms with Gasteiger partial charge in [0.15, 0.2) is 6.54 Å². The maximum Gasteiger partial charge on any atom is 0.275 e. The number of nitrogens with one attached hydrogen (secondary N) is 2. The lowest BCUT2D eigenvalue weighted by molar-refractivity contribution is -0.885. The van der Waals surface area contributed by atoms with Crippen molar-refractivity contribution in [3.63, 3.8) is 0 Å². The van der Waals surface area contributed by atoms with E-state index in [4.69, 9.17) is 11.6 Å². The second kappa shape index (κ2) is 6.55. The largest absolute Gasteiger partial charge is 0.346 e. The van der Waals surface area contributed by atoms with E-state index in [0.29, 0.717) is 23.7 Å². The van der Waals surface area contributed by atoms with Crippen molar-refractivity contribution in [1.29, 1.82) is 0 Å². The van der Waals surface area contributed by atoms with Gasteiger partial charge >= 0.3 is 0 Å². The summed E-state index contributed by atoms with van der Waals surface area (Å²) in [5.74, 6) is 2.23. The highest BCUT2D eigenvalue weighted by Crippen LogP contribution is 2.55. The molecule has 4 fully saturated rings. The number of carbonyl (C=O) groups excluding carboxylic acids is 1. The van der Waals surface area contributed by atoms with Crippen LogP contribution < -0.4 is 10.2 Å². The SMILES string of the molecule is C[NH+](CC(=O)NC12CC3CC(CC(C3)C1)C2)Cc1c(F)cccc1Cl. The van der Waals surface area contributed by atoms with E-state index in [9.17, 15) is 9.18 Å². The van der Waals surface area contributed by atoms with E-state index in [1.54, 1.807) is 12.1 Å². The van der Waals surface area contributed by atoms with E-state index < -0.39 is 0 Å². The first kappa shape index (κ1) is 17.3. The van der Waals surface area contributed by atoms with E-state index in [-0.39, 0.29) is 17.3 Å². The van der Waals surface area contributed by atoms with Crippen LogP contribution in [0.3, 0.4) is 0 Å². The molecular weight excluding hydrogens is 339 g/mol. The molecule has 1 aromatic rings. The summed E-state index contributed by atoms with van der Waals surface area (Å²) in [5.41, 5.74) is 0.533. The second-order valence-corrected chi connectivity index (χ2v) is 9.16. The van der Waals surface area contributed by atoms with Crippen LogP contribution in [0.5, 0.6) is 0 Å². The summed E-state index contributed by atoms with van der Waals surface area (Å²) >= 11 is 6.10. The number of quaternary nitrogens is 1. The zero-order valence-electron chi connectivity index (χ0n) is 14.8. The van der Waals surface area contributed by atoms with Gasteiger partial charge in [-0.15, -0.1) is 0 Å². The van der Waals surface area contributed by atoms with Crippen LogP contribution in [0.2, 0.25) is 5.02 Å². The Morgan fingerprint density at radius 2 is 1.84 bits per heavy atom. The molecule has 0 spiro atoms. The Hall–Kier alpha value is -1.13. The molecule has 25 heavy (non-hydrogen) atoms. The number of hydrogen-bond donors (Lipinski definition) is 2. The van der Waals surface area contributed by atoms with Gasteiger partial charge in [-0.25, -0.2) is 4.39 Å². The fourth-order valence-electron chi connectivity index (χ4n) is 5.94. The molecule has 4 aliphatic carbocycles. The van der Waals surface area contributed by atoms with Crippen molar-refractivity contribution in [3.8, 4) is 0 Å². The van der Waals surface area contributed by atoms with E-state index in [1.807, 2.05) is 7.05 Å². The fraction of sp³-hybridized carbons (Fsp3) is 0.650. The third-order valence-electron chi connectivity index (χ3n) is 6.45. The van der Waals surface area contributed by atoms with Crippen LogP contribution in [0, 0.1) is 23.6 Å². The first-order chi connectivity index (χ1) is 11.9. The number of benzene rings is 1. The van der Waals surface area contributed by atoms with Gasteiger partial charge in [-0.05, 0) is 68.4 Å². The molecule has 0 aromatic heterocycles. The molecule has 1 unspecified atom stereocenters. The molecular formula is C20H27ClFN2O+. The van der Waals surface area contributed by atoms with Crippen molar-refractivity contribution in [1.82, 2.24) is 5.32 Å². The number of halogens is 2. The highest BCUT2D eigenvalue weighted by atomic mass is 35.5. The van der Waals surface area contributed by atoms with E-state index in [0.717, 1.165) is 41.9 Å². The zero-order chi connectivity index (χ0) is 17.6. The summed E-state index contributed by atoms with van der Waals surface area (Å²) < 4.78 is 13.9. The van der Waals surface area contributed by atoms with Crippen LogP contribution in [0.4, 0.5) is 4.39 Å². The number of rotatable bonds is 5. The lowest BCUT2D eigenvalue weighted by Crippen LogP contribution is -3.09. The normalized spacial score (nSPS) is 34.1. The molecule has 0 aliphatic heterocycles. The molecule has 3 nitrogen and oxygen atoms in total. The summed E-state index contributed by atoms with van der Waals surface area (Å²) in [5, 5.41) is 3.82. The average Bonchev–Trinajstić information content (AvgIpc) is 2.49. The van der Waals surface area contributed by atoms with Crippen molar-refractivity contribution in [2.45, 2.75) is 50.6 Å². The number of carbonyl (C=O) groups is 1. The second-order valence-electron chi connectivity index (χ2n) is 8.76. The topological polar surface area (TPSA) is 33.5 Å². The predicted molar refractivity (Wildman–Crippen MR) is 95.9 cm³/mol. The van der Waals surface area contributed by atoms with Gasteiger partial charge in [0, 0.05) is 5.54 Å². The minimum atomic E-state index is -0.298. The van der Waals surface area contributed by atoms with Crippen molar-refractivity contribution >= 4 is 17.5 Å². The molecule has 1 aromatic carbocycles. The molecule has 4 aliphatic rings. The van der Waals surface area contributed by atoms with E-state index >= 15 is 0 Å². The van der Waals surface area contributed by atoms with E-state index in [2.05, 4.69) is 5.32 Å². The Kier molecular flexibility index (Phi) is 4.53. The molecule has 0 saturated heterocycles. The van der Waals surface area contributed by atoms with Crippen LogP contribution >= 0.6 is 11.6 Å². The van der Waals surface area contributed by atoms with Crippen LogP contribution in [-0.2, 0) is 11.3 Å². The molecule has 5 rings (SSSR count). The Balaban J connectivity index is 1.36. The van der Waals surface area contributed by atoms with Gasteiger partial charge in [0.05, 0.1) is 17.6 Å². The molecule has 0 heterocycles. The van der Waals surface area contributed by atoms with Gasteiger partial charge in [-0.2, -0.15) is 0 Å². The Labute approximate surface area is 153 Å². The minimum absolute atomic E-state index is 0.0434. The molecule has 1 amide bonds. The highest BCUT2D eigenvalue weighted by Gasteiger charge is 2.51. The molecule has 1 atom stereocenters. The Morgan fingerprint density at radius 1 is 1.24 bits per heavy atom. The molecule has 5 heteroatoms. The lowest BCUT2D eigenvalue weighted by Gasteiger charge is -2.56. The van der Waals surface area contributed by atoms with Crippen LogP contribution in [0.25, 0.3) is 0 Å². The van der Waals surface area contributed by atoms with Crippen molar-refractivity contribution in [2.24, 2.45) is 17.8 Å². The first-order valence-electron chi connectivity index (χ1n) is 9.48. The van der Waals surface area contributed by atoms with Crippen molar-refractivity contribution in [2.75, 3.05) is 13.6 Å². The van der Waals surface area contributed by atoms with Crippen molar-refractivity contribution < 1.29 is 14.1 Å². The quantitative estimate of drug-likeness (QED) is 0.826. The Bertz CT molecular complexity index is 622. The summed E-state index contributed by atoms with van der Waals surface area (Å²) in [6, 6.07) is 4.73. The predicted octanol–water partition coefficient (Wildman–Crippen LogP) is 2.58. The lowest BCUT2D eigenvalue weighted by atomic mass is 9.53. The summed E-state index contributed by atoms with van der Waals surface area (Å²) in [6.07, 6.45) is 7.57. The molecule has 4 bridgehead atoms. The van der Waals surface area contributed by atoms with Crippen molar-refractivity contribution in [3.05, 3.63) is 34.6 Å². The molecule has 0 radical (unpaired) electrons. The van der Waals surface area contributed by atoms with Crippen LogP contribution in [0.1, 0.15) is 44.1 Å². The first-order valence-corrected chi connectivity index (χ1v) is 9.85. The average molecular weight is 366 g/mol. The van der Waals surface area contributed by atoms with Gasteiger partial charge in [-0.1, -0.05) is 17.7 Å².